The molecule has 1 amide bonds. The van der Waals surface area contributed by atoms with Crippen LogP contribution in [0.2, 0.25) is 0 Å². The number of imidazole rings is 1. The van der Waals surface area contributed by atoms with Crippen molar-refractivity contribution in [2.45, 2.75) is 33.4 Å². The zero-order valence-corrected chi connectivity index (χ0v) is 14.8. The number of nitrogens with zero attached hydrogens (tertiary/aromatic N) is 2. The lowest BCUT2D eigenvalue weighted by Crippen LogP contribution is -2.46. The predicted octanol–water partition coefficient (Wildman–Crippen LogP) is 3.40. The number of nitrogens with one attached hydrogen (secondary N) is 1. The second kappa shape index (κ2) is 6.97. The topological polar surface area (TPSA) is 56.2 Å². The van der Waals surface area contributed by atoms with Crippen LogP contribution in [0.5, 0.6) is 5.75 Å². The van der Waals surface area contributed by atoms with Crippen LogP contribution in [0.15, 0.2) is 60.9 Å². The van der Waals surface area contributed by atoms with Gasteiger partial charge in [-0.15, -0.1) is 0 Å². The van der Waals surface area contributed by atoms with Gasteiger partial charge in [-0.2, -0.15) is 0 Å². The molecule has 0 saturated heterocycles. The summed E-state index contributed by atoms with van der Waals surface area (Å²) in [6.45, 7) is 7.01. The first-order valence-electron chi connectivity index (χ1n) is 8.34. The standard InChI is InChI=1S/C20H23N3O2/c1-20(2,3)18(13-23-10-9-21-14-23)22-19(24)16-8-11-25-17-7-5-4-6-15(17)12-16/h4-12,14,18H,13H2,1-3H3,(H,22,24)/t18-/m0/s1. The van der Waals surface area contributed by atoms with Gasteiger partial charge in [-0.05, 0) is 23.6 Å². The summed E-state index contributed by atoms with van der Waals surface area (Å²) in [4.78, 5) is 16.9. The second-order valence-corrected chi connectivity index (χ2v) is 7.21. The molecule has 1 N–H and O–H groups in total. The average molecular weight is 337 g/mol. The van der Waals surface area contributed by atoms with E-state index in [-0.39, 0.29) is 17.4 Å². The SMILES string of the molecule is CC(C)(C)[C@H](Cn1ccnc1)NC(=O)C1=Cc2ccccc2OC=C1. The van der Waals surface area contributed by atoms with Gasteiger partial charge in [-0.25, -0.2) is 4.98 Å². The molecule has 3 rings (SSSR count). The van der Waals surface area contributed by atoms with Crippen molar-refractivity contribution in [2.75, 3.05) is 0 Å². The normalized spacial score (nSPS) is 14.8. The first-order chi connectivity index (χ1) is 11.9. The smallest absolute Gasteiger partial charge is 0.251 e. The van der Waals surface area contributed by atoms with E-state index in [1.54, 1.807) is 24.9 Å². The molecule has 0 saturated carbocycles. The van der Waals surface area contributed by atoms with Gasteiger partial charge in [0.15, 0.2) is 0 Å². The molecule has 130 valence electrons. The number of fused-ring (bicyclic) bond motifs is 1. The Morgan fingerprint density at radius 1 is 1.32 bits per heavy atom. The third-order valence-electron chi connectivity index (χ3n) is 4.24. The molecule has 0 unspecified atom stereocenters. The molecule has 1 atom stereocenters. The fourth-order valence-corrected chi connectivity index (χ4v) is 2.63. The van der Waals surface area contributed by atoms with Gasteiger partial charge in [0.2, 0.25) is 0 Å². The van der Waals surface area contributed by atoms with Crippen LogP contribution in [-0.2, 0) is 11.3 Å². The number of benzene rings is 1. The summed E-state index contributed by atoms with van der Waals surface area (Å²) >= 11 is 0. The highest BCUT2D eigenvalue weighted by atomic mass is 16.5. The molecule has 0 fully saturated rings. The summed E-state index contributed by atoms with van der Waals surface area (Å²) in [5, 5.41) is 3.16. The van der Waals surface area contributed by atoms with Crippen LogP contribution in [0.4, 0.5) is 0 Å². The van der Waals surface area contributed by atoms with Crippen LogP contribution in [0.25, 0.3) is 6.08 Å². The van der Waals surface area contributed by atoms with Crippen molar-refractivity contribution < 1.29 is 9.53 Å². The maximum Gasteiger partial charge on any atom is 0.251 e. The van der Waals surface area contributed by atoms with E-state index in [2.05, 4.69) is 31.1 Å². The Labute approximate surface area is 148 Å². The van der Waals surface area contributed by atoms with Gasteiger partial charge in [-0.1, -0.05) is 39.0 Å². The molecule has 0 spiro atoms. The maximum absolute atomic E-state index is 12.8. The van der Waals surface area contributed by atoms with Crippen LogP contribution in [0.1, 0.15) is 26.3 Å². The number of carbonyl (C=O) groups excluding carboxylic acids is 1. The number of ether oxygens (including phenoxy) is 1. The molecule has 0 bridgehead atoms. The number of para-hydroxylation sites is 1. The number of rotatable bonds is 4. The van der Waals surface area contributed by atoms with Gasteiger partial charge in [-0.3, -0.25) is 4.79 Å². The first kappa shape index (κ1) is 17.0. The van der Waals surface area contributed by atoms with Gasteiger partial charge in [0, 0.05) is 30.1 Å². The highest BCUT2D eigenvalue weighted by Gasteiger charge is 2.27. The zero-order valence-electron chi connectivity index (χ0n) is 14.8. The van der Waals surface area contributed by atoms with Crippen molar-refractivity contribution >= 4 is 12.0 Å². The summed E-state index contributed by atoms with van der Waals surface area (Å²) in [5.41, 5.74) is 1.37. The van der Waals surface area contributed by atoms with Crippen LogP contribution in [-0.4, -0.2) is 21.5 Å². The van der Waals surface area contributed by atoms with E-state index >= 15 is 0 Å². The van der Waals surface area contributed by atoms with Gasteiger partial charge < -0.3 is 14.6 Å². The summed E-state index contributed by atoms with van der Waals surface area (Å²) in [6.07, 6.45) is 10.5. The molecular weight excluding hydrogens is 314 g/mol. The first-order valence-corrected chi connectivity index (χ1v) is 8.34. The van der Waals surface area contributed by atoms with E-state index in [0.717, 1.165) is 11.3 Å². The Balaban J connectivity index is 1.80. The molecule has 0 aliphatic carbocycles. The maximum atomic E-state index is 12.8. The largest absolute Gasteiger partial charge is 0.464 e. The zero-order chi connectivity index (χ0) is 17.9. The molecule has 1 aliphatic heterocycles. The van der Waals surface area contributed by atoms with Crippen molar-refractivity contribution in [3.63, 3.8) is 0 Å². The molecule has 1 aromatic heterocycles. The van der Waals surface area contributed by atoms with Crippen LogP contribution in [0.3, 0.4) is 0 Å². The minimum Gasteiger partial charge on any atom is -0.464 e. The monoisotopic (exact) mass is 337 g/mol. The lowest BCUT2D eigenvalue weighted by molar-refractivity contribution is -0.118. The Hall–Kier alpha value is -2.82. The summed E-state index contributed by atoms with van der Waals surface area (Å²) in [6, 6.07) is 7.61. The van der Waals surface area contributed by atoms with Crippen molar-refractivity contribution in [1.82, 2.24) is 14.9 Å². The molecule has 5 heteroatoms. The van der Waals surface area contributed by atoms with Crippen LogP contribution >= 0.6 is 0 Å². The highest BCUT2D eigenvalue weighted by Crippen LogP contribution is 2.25. The van der Waals surface area contributed by atoms with E-state index in [4.69, 9.17) is 4.74 Å². The molecule has 25 heavy (non-hydrogen) atoms. The third kappa shape index (κ3) is 4.18. The van der Waals surface area contributed by atoms with Gasteiger partial charge in [0.25, 0.3) is 5.91 Å². The number of hydrogen-bond donors (Lipinski definition) is 1. The van der Waals surface area contributed by atoms with Crippen LogP contribution < -0.4 is 10.1 Å². The lowest BCUT2D eigenvalue weighted by atomic mass is 9.86. The second-order valence-electron chi connectivity index (χ2n) is 7.21. The van der Waals surface area contributed by atoms with Gasteiger partial charge >= 0.3 is 0 Å². The van der Waals surface area contributed by atoms with Gasteiger partial charge in [0.05, 0.1) is 18.6 Å². The summed E-state index contributed by atoms with van der Waals surface area (Å²) < 4.78 is 7.54. The molecule has 1 aromatic carbocycles. The van der Waals surface area contributed by atoms with E-state index < -0.39 is 0 Å². The molecular formula is C20H23N3O2. The molecule has 0 radical (unpaired) electrons. The molecule has 1 aliphatic rings. The Morgan fingerprint density at radius 2 is 2.12 bits per heavy atom. The van der Waals surface area contributed by atoms with Crippen molar-refractivity contribution in [2.24, 2.45) is 5.41 Å². The Morgan fingerprint density at radius 3 is 2.84 bits per heavy atom. The summed E-state index contributed by atoms with van der Waals surface area (Å²) in [7, 11) is 0. The quantitative estimate of drug-likeness (QED) is 0.930. The minimum atomic E-state index is -0.114. The van der Waals surface area contributed by atoms with E-state index in [1.165, 1.54) is 0 Å². The fraction of sp³-hybridized carbons (Fsp3) is 0.300. The number of aromatic nitrogens is 2. The predicted molar refractivity (Wildman–Crippen MR) is 97.8 cm³/mol. The number of carbonyl (C=O) groups is 1. The Kier molecular flexibility index (Phi) is 4.74. The lowest BCUT2D eigenvalue weighted by Gasteiger charge is -2.32. The van der Waals surface area contributed by atoms with Crippen LogP contribution in [0, 0.1) is 5.41 Å². The number of amides is 1. The van der Waals surface area contributed by atoms with E-state index in [9.17, 15) is 4.79 Å². The average Bonchev–Trinajstić information content (AvgIpc) is 2.97. The van der Waals surface area contributed by atoms with Crippen molar-refractivity contribution in [3.8, 4) is 5.75 Å². The fourth-order valence-electron chi connectivity index (χ4n) is 2.63. The molecule has 2 heterocycles. The van der Waals surface area contributed by atoms with Crippen molar-refractivity contribution in [3.05, 3.63) is 66.5 Å². The third-order valence-corrected chi connectivity index (χ3v) is 4.24. The minimum absolute atomic E-state index is 0.0390. The van der Waals surface area contributed by atoms with E-state index in [1.807, 2.05) is 41.1 Å². The molecule has 2 aromatic rings. The van der Waals surface area contributed by atoms with Crippen molar-refractivity contribution in [1.29, 1.82) is 0 Å². The van der Waals surface area contributed by atoms with Gasteiger partial charge in [0.1, 0.15) is 5.75 Å². The Bertz CT molecular complexity index is 799. The highest BCUT2D eigenvalue weighted by molar-refractivity contribution is 6.01. The van der Waals surface area contributed by atoms with E-state index in [0.29, 0.717) is 12.1 Å². The number of hydrogen-bond acceptors (Lipinski definition) is 3. The summed E-state index contributed by atoms with van der Waals surface area (Å²) in [5.74, 6) is 0.629. The molecule has 5 nitrogen and oxygen atoms in total.